The van der Waals surface area contributed by atoms with Gasteiger partial charge in [0.2, 0.25) is 5.91 Å². The molecule has 1 aliphatic carbocycles. The molecule has 15 heavy (non-hydrogen) atoms. The van der Waals surface area contributed by atoms with E-state index < -0.39 is 0 Å². The van der Waals surface area contributed by atoms with Crippen LogP contribution < -0.4 is 10.6 Å². The largest absolute Gasteiger partial charge is 0.355 e. The Hall–Kier alpha value is -0.650. The van der Waals surface area contributed by atoms with Gasteiger partial charge in [0.25, 0.3) is 0 Å². The minimum atomic E-state index is 0.0876. The number of carbonyl (C=O) groups is 1. The zero-order valence-corrected chi connectivity index (χ0v) is 8.83. The molecule has 0 aromatic rings. The van der Waals surface area contributed by atoms with Crippen LogP contribution in [0, 0.1) is 0 Å². The summed E-state index contributed by atoms with van der Waals surface area (Å²) in [7, 11) is 0. The molecular formula is C10H18N2O3. The molecular weight excluding hydrogens is 196 g/mol. The van der Waals surface area contributed by atoms with Crippen molar-refractivity contribution in [1.82, 2.24) is 10.6 Å². The Morgan fingerprint density at radius 2 is 2.20 bits per heavy atom. The summed E-state index contributed by atoms with van der Waals surface area (Å²) in [5, 5.41) is 6.02. The lowest BCUT2D eigenvalue weighted by molar-refractivity contribution is -0.137. The third kappa shape index (κ3) is 4.15. The molecule has 0 radical (unpaired) electrons. The van der Waals surface area contributed by atoms with E-state index in [9.17, 15) is 4.79 Å². The second-order valence-electron chi connectivity index (χ2n) is 4.08. The van der Waals surface area contributed by atoms with E-state index in [0.717, 1.165) is 32.4 Å². The fourth-order valence-corrected chi connectivity index (χ4v) is 1.52. The van der Waals surface area contributed by atoms with Crippen LogP contribution in [0.2, 0.25) is 0 Å². The second-order valence-corrected chi connectivity index (χ2v) is 4.08. The summed E-state index contributed by atoms with van der Waals surface area (Å²) in [5.41, 5.74) is 0. The Labute approximate surface area is 89.5 Å². The third-order valence-corrected chi connectivity index (χ3v) is 2.57. The highest BCUT2D eigenvalue weighted by molar-refractivity contribution is 5.78. The van der Waals surface area contributed by atoms with Crippen molar-refractivity contribution >= 4 is 5.91 Å². The molecule has 2 fully saturated rings. The maximum atomic E-state index is 11.3. The third-order valence-electron chi connectivity index (χ3n) is 2.57. The summed E-state index contributed by atoms with van der Waals surface area (Å²) in [6, 6.07) is 0.443. The van der Waals surface area contributed by atoms with Crippen molar-refractivity contribution in [2.45, 2.75) is 31.4 Å². The molecule has 1 aliphatic heterocycles. The Morgan fingerprint density at radius 3 is 2.87 bits per heavy atom. The van der Waals surface area contributed by atoms with Gasteiger partial charge in [-0.3, -0.25) is 4.79 Å². The molecule has 2 N–H and O–H groups in total. The van der Waals surface area contributed by atoms with Gasteiger partial charge in [-0.2, -0.15) is 0 Å². The van der Waals surface area contributed by atoms with Crippen LogP contribution in [-0.4, -0.2) is 44.5 Å². The number of carbonyl (C=O) groups excluding carboxylic acids is 1. The molecule has 2 rings (SSSR count). The summed E-state index contributed by atoms with van der Waals surface area (Å²) in [6.45, 7) is 2.24. The Balaban J connectivity index is 1.51. The van der Waals surface area contributed by atoms with Crippen LogP contribution in [0.25, 0.3) is 0 Å². The first-order valence-corrected chi connectivity index (χ1v) is 5.54. The molecule has 5 heteroatoms. The molecule has 1 saturated carbocycles. The van der Waals surface area contributed by atoms with Crippen molar-refractivity contribution in [3.05, 3.63) is 0 Å². The molecule has 0 spiro atoms. The van der Waals surface area contributed by atoms with Crippen molar-refractivity contribution < 1.29 is 14.3 Å². The molecule has 1 heterocycles. The minimum absolute atomic E-state index is 0.0876. The van der Waals surface area contributed by atoms with Gasteiger partial charge in [-0.1, -0.05) is 0 Å². The van der Waals surface area contributed by atoms with Crippen molar-refractivity contribution in [2.75, 3.05) is 26.5 Å². The number of hydrogen-bond donors (Lipinski definition) is 2. The second kappa shape index (κ2) is 5.44. The Morgan fingerprint density at radius 1 is 1.33 bits per heavy atom. The quantitative estimate of drug-likeness (QED) is 0.655. The van der Waals surface area contributed by atoms with Gasteiger partial charge in [0.15, 0.2) is 0 Å². The highest BCUT2D eigenvalue weighted by Gasteiger charge is 2.23. The fraction of sp³-hybridized carbons (Fsp3) is 0.900. The van der Waals surface area contributed by atoms with E-state index in [0.29, 0.717) is 19.4 Å². The summed E-state index contributed by atoms with van der Waals surface area (Å²) in [6.07, 6.45) is 3.36. The monoisotopic (exact) mass is 214 g/mol. The van der Waals surface area contributed by atoms with E-state index in [-0.39, 0.29) is 12.0 Å². The SMILES string of the molecule is O=C(CNCC1CCOCO1)NC1CC1. The number of ether oxygens (including phenoxy) is 2. The first-order chi connectivity index (χ1) is 7.34. The van der Waals surface area contributed by atoms with Crippen molar-refractivity contribution in [3.63, 3.8) is 0 Å². The van der Waals surface area contributed by atoms with Gasteiger partial charge in [0, 0.05) is 12.6 Å². The van der Waals surface area contributed by atoms with Crippen LogP contribution in [0.1, 0.15) is 19.3 Å². The number of nitrogens with one attached hydrogen (secondary N) is 2. The molecule has 1 amide bonds. The lowest BCUT2D eigenvalue weighted by Gasteiger charge is -2.22. The molecule has 0 aromatic heterocycles. The van der Waals surface area contributed by atoms with Gasteiger partial charge in [0.05, 0.1) is 19.3 Å². The normalized spacial score (nSPS) is 26.3. The Bertz CT molecular complexity index is 213. The molecule has 1 atom stereocenters. The van der Waals surface area contributed by atoms with Crippen molar-refractivity contribution in [2.24, 2.45) is 0 Å². The maximum Gasteiger partial charge on any atom is 0.234 e. The topological polar surface area (TPSA) is 59.6 Å². The lowest BCUT2D eigenvalue weighted by Crippen LogP contribution is -2.40. The summed E-state index contributed by atoms with van der Waals surface area (Å²) < 4.78 is 10.4. The minimum Gasteiger partial charge on any atom is -0.355 e. The van der Waals surface area contributed by atoms with Crippen molar-refractivity contribution in [3.8, 4) is 0 Å². The first kappa shape index (κ1) is 10.9. The molecule has 2 aliphatic rings. The van der Waals surface area contributed by atoms with Crippen LogP contribution >= 0.6 is 0 Å². The van der Waals surface area contributed by atoms with E-state index in [2.05, 4.69) is 10.6 Å². The zero-order chi connectivity index (χ0) is 10.5. The molecule has 1 saturated heterocycles. The average molecular weight is 214 g/mol. The van der Waals surface area contributed by atoms with Crippen molar-refractivity contribution in [1.29, 1.82) is 0 Å². The van der Waals surface area contributed by atoms with E-state index in [4.69, 9.17) is 9.47 Å². The predicted molar refractivity (Wildman–Crippen MR) is 54.3 cm³/mol. The van der Waals surface area contributed by atoms with Gasteiger partial charge < -0.3 is 20.1 Å². The van der Waals surface area contributed by atoms with Crippen LogP contribution in [-0.2, 0) is 14.3 Å². The van der Waals surface area contributed by atoms with Crippen LogP contribution in [0.4, 0.5) is 0 Å². The summed E-state index contributed by atoms with van der Waals surface area (Å²) in [4.78, 5) is 11.3. The van der Waals surface area contributed by atoms with Crippen LogP contribution in [0.3, 0.4) is 0 Å². The molecule has 0 aromatic carbocycles. The van der Waals surface area contributed by atoms with E-state index in [1.807, 2.05) is 0 Å². The van der Waals surface area contributed by atoms with E-state index in [1.54, 1.807) is 0 Å². The summed E-state index contributed by atoms with van der Waals surface area (Å²) in [5.74, 6) is 0.0876. The number of hydrogen-bond acceptors (Lipinski definition) is 4. The lowest BCUT2D eigenvalue weighted by atomic mass is 10.2. The van der Waals surface area contributed by atoms with Gasteiger partial charge in [-0.15, -0.1) is 0 Å². The molecule has 5 nitrogen and oxygen atoms in total. The first-order valence-electron chi connectivity index (χ1n) is 5.54. The molecule has 1 unspecified atom stereocenters. The average Bonchev–Trinajstić information content (AvgIpc) is 3.03. The standard InChI is InChI=1S/C10H18N2O3/c13-10(12-8-1-2-8)6-11-5-9-3-4-14-7-15-9/h8-9,11H,1-7H2,(H,12,13). The van der Waals surface area contributed by atoms with E-state index in [1.165, 1.54) is 0 Å². The van der Waals surface area contributed by atoms with Gasteiger partial charge in [-0.25, -0.2) is 0 Å². The molecule has 0 bridgehead atoms. The highest BCUT2D eigenvalue weighted by atomic mass is 16.7. The van der Waals surface area contributed by atoms with Gasteiger partial charge >= 0.3 is 0 Å². The van der Waals surface area contributed by atoms with E-state index >= 15 is 0 Å². The maximum absolute atomic E-state index is 11.3. The van der Waals surface area contributed by atoms with Gasteiger partial charge in [0.1, 0.15) is 6.79 Å². The zero-order valence-electron chi connectivity index (χ0n) is 8.83. The number of rotatable bonds is 5. The molecule has 86 valence electrons. The van der Waals surface area contributed by atoms with Crippen LogP contribution in [0.5, 0.6) is 0 Å². The summed E-state index contributed by atoms with van der Waals surface area (Å²) >= 11 is 0. The highest BCUT2D eigenvalue weighted by Crippen LogP contribution is 2.18. The Kier molecular flexibility index (Phi) is 3.94. The fourth-order valence-electron chi connectivity index (χ4n) is 1.52. The van der Waals surface area contributed by atoms with Gasteiger partial charge in [-0.05, 0) is 19.3 Å². The number of amides is 1. The predicted octanol–water partition coefficient (Wildman–Crippen LogP) is -0.382. The van der Waals surface area contributed by atoms with Crippen LogP contribution in [0.15, 0.2) is 0 Å². The smallest absolute Gasteiger partial charge is 0.234 e.